The third-order valence-electron chi connectivity index (χ3n) is 2.29. The van der Waals surface area contributed by atoms with Gasteiger partial charge in [-0.3, -0.25) is 0 Å². The van der Waals surface area contributed by atoms with E-state index >= 15 is 0 Å². The van der Waals surface area contributed by atoms with Gasteiger partial charge in [0.2, 0.25) is 5.95 Å². The maximum Gasteiger partial charge on any atom is 0.217 e. The fourth-order valence-corrected chi connectivity index (χ4v) is 1.44. The molecule has 0 fully saturated rings. The first-order valence-corrected chi connectivity index (χ1v) is 4.85. The van der Waals surface area contributed by atoms with Gasteiger partial charge in [-0.25, -0.2) is 4.98 Å². The Morgan fingerprint density at radius 3 is 2.69 bits per heavy atom. The average molecular weight is 218 g/mol. The van der Waals surface area contributed by atoms with Crippen LogP contribution in [0.2, 0.25) is 0 Å². The molecule has 2 rings (SSSR count). The second kappa shape index (κ2) is 4.28. The van der Waals surface area contributed by atoms with Gasteiger partial charge in [0.1, 0.15) is 5.75 Å². The van der Waals surface area contributed by atoms with Gasteiger partial charge < -0.3 is 10.8 Å². The van der Waals surface area contributed by atoms with E-state index in [1.165, 1.54) is 6.07 Å². The molecule has 1 heterocycles. The monoisotopic (exact) mass is 218 g/mol. The summed E-state index contributed by atoms with van der Waals surface area (Å²) in [7, 11) is 0. The number of benzene rings is 1. The highest BCUT2D eigenvalue weighted by atomic mass is 19.1. The lowest BCUT2D eigenvalue weighted by Crippen LogP contribution is -2.02. The minimum atomic E-state index is -0.566. The molecule has 0 aliphatic carbocycles. The number of nitrogens with zero attached hydrogens (tertiary/aromatic N) is 1. The maximum absolute atomic E-state index is 13.4. The van der Waals surface area contributed by atoms with Crippen LogP contribution in [0.5, 0.6) is 5.75 Å². The second-order valence-electron chi connectivity index (χ2n) is 3.40. The molecule has 82 valence electrons. The molecule has 3 N–H and O–H groups in total. The van der Waals surface area contributed by atoms with Gasteiger partial charge in [-0.2, -0.15) is 4.39 Å². The molecule has 4 heteroatoms. The molecule has 1 aromatic heterocycles. The van der Waals surface area contributed by atoms with Gasteiger partial charge in [0.25, 0.3) is 0 Å². The first-order chi connectivity index (χ1) is 7.70. The predicted octanol–water partition coefficient (Wildman–Crippen LogP) is 2.05. The molecular weight excluding hydrogens is 207 g/mol. The van der Waals surface area contributed by atoms with Crippen LogP contribution in [0.15, 0.2) is 36.4 Å². The summed E-state index contributed by atoms with van der Waals surface area (Å²) in [6.07, 6.45) is 0. The number of rotatable bonds is 2. The maximum atomic E-state index is 13.4. The van der Waals surface area contributed by atoms with Crippen LogP contribution in [0.4, 0.5) is 4.39 Å². The second-order valence-corrected chi connectivity index (χ2v) is 3.40. The molecule has 0 amide bonds. The van der Waals surface area contributed by atoms with Gasteiger partial charge in [0.15, 0.2) is 0 Å². The van der Waals surface area contributed by atoms with E-state index in [4.69, 9.17) is 5.73 Å². The zero-order valence-electron chi connectivity index (χ0n) is 8.52. The van der Waals surface area contributed by atoms with E-state index < -0.39 is 5.95 Å². The summed E-state index contributed by atoms with van der Waals surface area (Å²) in [6.45, 7) is 0.124. The van der Waals surface area contributed by atoms with Crippen molar-refractivity contribution in [1.29, 1.82) is 0 Å². The lowest BCUT2D eigenvalue weighted by Gasteiger charge is -2.04. The van der Waals surface area contributed by atoms with Crippen LogP contribution in [-0.2, 0) is 6.54 Å². The van der Waals surface area contributed by atoms with Gasteiger partial charge >= 0.3 is 0 Å². The highest BCUT2D eigenvalue weighted by molar-refractivity contribution is 5.61. The van der Waals surface area contributed by atoms with Crippen molar-refractivity contribution in [3.8, 4) is 17.0 Å². The Labute approximate surface area is 92.4 Å². The van der Waals surface area contributed by atoms with E-state index in [0.29, 0.717) is 16.8 Å². The first-order valence-electron chi connectivity index (χ1n) is 4.85. The van der Waals surface area contributed by atoms with Crippen molar-refractivity contribution < 1.29 is 9.50 Å². The zero-order valence-corrected chi connectivity index (χ0v) is 8.52. The molecule has 1 aromatic carbocycles. The fraction of sp³-hybridized carbons (Fsp3) is 0.0833. The van der Waals surface area contributed by atoms with Crippen molar-refractivity contribution in [2.24, 2.45) is 5.73 Å². The normalized spacial score (nSPS) is 10.4. The zero-order chi connectivity index (χ0) is 11.5. The van der Waals surface area contributed by atoms with Gasteiger partial charge in [-0.05, 0) is 18.2 Å². The minimum absolute atomic E-state index is 0.124. The lowest BCUT2D eigenvalue weighted by molar-refractivity contribution is 0.475. The molecule has 2 aromatic rings. The number of hydrogen-bond donors (Lipinski definition) is 2. The van der Waals surface area contributed by atoms with Crippen LogP contribution in [-0.4, -0.2) is 10.1 Å². The summed E-state index contributed by atoms with van der Waals surface area (Å²) >= 11 is 0. The quantitative estimate of drug-likeness (QED) is 0.758. The van der Waals surface area contributed by atoms with E-state index in [1.807, 2.05) is 0 Å². The molecule has 0 atom stereocenters. The summed E-state index contributed by atoms with van der Waals surface area (Å²) in [5, 5.41) is 9.30. The standard InChI is InChI=1S/C12H11FN2O/c13-12-9(7-14)4-5-11(15-12)8-2-1-3-10(16)6-8/h1-6,16H,7,14H2. The fourth-order valence-electron chi connectivity index (χ4n) is 1.44. The Balaban J connectivity index is 2.45. The number of phenolic OH excluding ortho intramolecular Hbond substituents is 1. The van der Waals surface area contributed by atoms with E-state index in [0.717, 1.165) is 0 Å². The molecular formula is C12H11FN2O. The highest BCUT2D eigenvalue weighted by Gasteiger charge is 2.05. The number of nitrogens with two attached hydrogens (primary N) is 1. The number of phenols is 1. The van der Waals surface area contributed by atoms with Crippen LogP contribution >= 0.6 is 0 Å². The lowest BCUT2D eigenvalue weighted by atomic mass is 10.1. The molecule has 0 bridgehead atoms. The van der Waals surface area contributed by atoms with Crippen molar-refractivity contribution in [2.45, 2.75) is 6.54 Å². The molecule has 0 saturated carbocycles. The third-order valence-corrected chi connectivity index (χ3v) is 2.29. The molecule has 0 radical (unpaired) electrons. The van der Waals surface area contributed by atoms with Crippen LogP contribution in [0, 0.1) is 5.95 Å². The Kier molecular flexibility index (Phi) is 2.83. The molecule has 3 nitrogen and oxygen atoms in total. The number of pyridine rings is 1. The Morgan fingerprint density at radius 2 is 2.06 bits per heavy atom. The molecule has 0 aliphatic heterocycles. The average Bonchev–Trinajstić information content (AvgIpc) is 2.29. The summed E-state index contributed by atoms with van der Waals surface area (Å²) < 4.78 is 13.4. The minimum Gasteiger partial charge on any atom is -0.508 e. The smallest absolute Gasteiger partial charge is 0.217 e. The van der Waals surface area contributed by atoms with Crippen LogP contribution in [0.1, 0.15) is 5.56 Å². The van der Waals surface area contributed by atoms with Gasteiger partial charge in [0, 0.05) is 17.7 Å². The number of aromatic hydroxyl groups is 1. The summed E-state index contributed by atoms with van der Waals surface area (Å²) in [4.78, 5) is 3.80. The van der Waals surface area contributed by atoms with E-state index in [9.17, 15) is 9.50 Å². The Bertz CT molecular complexity index is 514. The van der Waals surface area contributed by atoms with Gasteiger partial charge in [-0.1, -0.05) is 18.2 Å². The van der Waals surface area contributed by atoms with Gasteiger partial charge in [-0.15, -0.1) is 0 Å². The highest BCUT2D eigenvalue weighted by Crippen LogP contribution is 2.22. The molecule has 0 aliphatic rings. The number of aromatic nitrogens is 1. The van der Waals surface area contributed by atoms with E-state index in [1.54, 1.807) is 30.3 Å². The third kappa shape index (κ3) is 2.01. The van der Waals surface area contributed by atoms with Crippen LogP contribution in [0.3, 0.4) is 0 Å². The van der Waals surface area contributed by atoms with E-state index in [2.05, 4.69) is 4.98 Å². The Hall–Kier alpha value is -1.94. The van der Waals surface area contributed by atoms with Crippen molar-refractivity contribution in [3.05, 3.63) is 47.9 Å². The molecule has 0 saturated heterocycles. The number of hydrogen-bond acceptors (Lipinski definition) is 3. The summed E-state index contributed by atoms with van der Waals surface area (Å²) in [6, 6.07) is 9.80. The molecule has 16 heavy (non-hydrogen) atoms. The summed E-state index contributed by atoms with van der Waals surface area (Å²) in [5.41, 5.74) is 6.87. The van der Waals surface area contributed by atoms with Crippen molar-refractivity contribution >= 4 is 0 Å². The van der Waals surface area contributed by atoms with Crippen molar-refractivity contribution in [1.82, 2.24) is 4.98 Å². The predicted molar refractivity (Wildman–Crippen MR) is 59.2 cm³/mol. The van der Waals surface area contributed by atoms with Gasteiger partial charge in [0.05, 0.1) is 5.69 Å². The molecule has 0 spiro atoms. The van der Waals surface area contributed by atoms with E-state index in [-0.39, 0.29) is 12.3 Å². The summed E-state index contributed by atoms with van der Waals surface area (Å²) in [5.74, 6) is -0.439. The van der Waals surface area contributed by atoms with Crippen LogP contribution < -0.4 is 5.73 Å². The van der Waals surface area contributed by atoms with Crippen molar-refractivity contribution in [3.63, 3.8) is 0 Å². The topological polar surface area (TPSA) is 59.1 Å². The Morgan fingerprint density at radius 1 is 1.25 bits per heavy atom. The largest absolute Gasteiger partial charge is 0.508 e. The van der Waals surface area contributed by atoms with Crippen molar-refractivity contribution in [2.75, 3.05) is 0 Å². The number of halogens is 1. The van der Waals surface area contributed by atoms with Crippen LogP contribution in [0.25, 0.3) is 11.3 Å². The first kappa shape index (κ1) is 10.6. The SMILES string of the molecule is NCc1ccc(-c2cccc(O)c2)nc1F. The molecule has 0 unspecified atom stereocenters.